The summed E-state index contributed by atoms with van der Waals surface area (Å²) < 4.78 is 5.87. The lowest BCUT2D eigenvalue weighted by atomic mass is 10.0. The Morgan fingerprint density at radius 1 is 1.37 bits per heavy atom. The Morgan fingerprint density at radius 3 is 2.53 bits per heavy atom. The summed E-state index contributed by atoms with van der Waals surface area (Å²) in [6.45, 7) is 6.40. The maximum absolute atomic E-state index is 12.1. The van der Waals surface area contributed by atoms with E-state index in [9.17, 15) is 9.90 Å². The minimum Gasteiger partial charge on any atom is -0.393 e. The van der Waals surface area contributed by atoms with E-state index in [1.807, 2.05) is 13.8 Å². The second-order valence-corrected chi connectivity index (χ2v) is 5.87. The number of hydrogen-bond donors (Lipinski definition) is 2. The number of amides is 1. The Labute approximate surface area is 116 Å². The van der Waals surface area contributed by atoms with Crippen molar-refractivity contribution in [2.45, 2.75) is 77.6 Å². The highest BCUT2D eigenvalue weighted by molar-refractivity contribution is 5.80. The Bertz CT molecular complexity index is 262. The molecular formula is C15H29NO3. The van der Waals surface area contributed by atoms with Gasteiger partial charge in [-0.15, -0.1) is 0 Å². The Hall–Kier alpha value is -0.610. The van der Waals surface area contributed by atoms with Crippen LogP contribution >= 0.6 is 0 Å². The highest BCUT2D eigenvalue weighted by atomic mass is 16.5. The number of carbonyl (C=O) groups is 1. The third-order valence-electron chi connectivity index (χ3n) is 3.69. The smallest absolute Gasteiger partial charge is 0.249 e. The summed E-state index contributed by atoms with van der Waals surface area (Å²) in [5.74, 6) is 0.278. The molecule has 0 radical (unpaired) electrons. The molecule has 0 saturated heterocycles. The monoisotopic (exact) mass is 271 g/mol. The van der Waals surface area contributed by atoms with Crippen molar-refractivity contribution >= 4 is 5.91 Å². The zero-order valence-corrected chi connectivity index (χ0v) is 12.5. The zero-order chi connectivity index (χ0) is 14.3. The Kier molecular flexibility index (Phi) is 7.39. The largest absolute Gasteiger partial charge is 0.393 e. The quantitative estimate of drug-likeness (QED) is 0.712. The van der Waals surface area contributed by atoms with E-state index >= 15 is 0 Å². The topological polar surface area (TPSA) is 58.6 Å². The number of carbonyl (C=O) groups excluding carboxylic acids is 1. The lowest BCUT2D eigenvalue weighted by Crippen LogP contribution is -2.40. The van der Waals surface area contributed by atoms with Crippen molar-refractivity contribution in [2.24, 2.45) is 5.92 Å². The molecule has 1 rings (SSSR count). The fraction of sp³-hybridized carbons (Fsp3) is 0.933. The standard InChI is InChI=1S/C15H29NO3/c1-4-14(19-13-7-5-6-8-13)15(18)16-10-11(2)9-12(3)17/h11-14,17H,4-10H2,1-3H3,(H,16,18). The number of ether oxygens (including phenoxy) is 1. The molecule has 1 fully saturated rings. The summed E-state index contributed by atoms with van der Waals surface area (Å²) in [5, 5.41) is 12.2. The van der Waals surface area contributed by atoms with E-state index in [-0.39, 0.29) is 30.1 Å². The highest BCUT2D eigenvalue weighted by Crippen LogP contribution is 2.22. The van der Waals surface area contributed by atoms with Gasteiger partial charge in [0.1, 0.15) is 6.10 Å². The molecule has 0 aromatic heterocycles. The zero-order valence-electron chi connectivity index (χ0n) is 12.5. The van der Waals surface area contributed by atoms with Crippen molar-refractivity contribution in [1.82, 2.24) is 5.32 Å². The van der Waals surface area contributed by atoms with Crippen molar-refractivity contribution in [3.05, 3.63) is 0 Å². The number of nitrogens with one attached hydrogen (secondary N) is 1. The normalized spacial score (nSPS) is 21.1. The SMILES string of the molecule is CCC(OC1CCCC1)C(=O)NCC(C)CC(C)O. The molecule has 2 N–H and O–H groups in total. The summed E-state index contributed by atoms with van der Waals surface area (Å²) in [6.07, 6.45) is 5.66. The van der Waals surface area contributed by atoms with Crippen LogP contribution in [0, 0.1) is 5.92 Å². The molecule has 4 nitrogen and oxygen atoms in total. The van der Waals surface area contributed by atoms with Crippen LogP contribution in [0.3, 0.4) is 0 Å². The van der Waals surface area contributed by atoms with E-state index < -0.39 is 0 Å². The van der Waals surface area contributed by atoms with Gasteiger partial charge in [0.2, 0.25) is 5.91 Å². The molecule has 3 unspecified atom stereocenters. The van der Waals surface area contributed by atoms with Crippen LogP contribution in [0.5, 0.6) is 0 Å². The predicted molar refractivity (Wildman–Crippen MR) is 75.9 cm³/mol. The number of aliphatic hydroxyl groups excluding tert-OH is 1. The van der Waals surface area contributed by atoms with Crippen LogP contribution in [-0.4, -0.2) is 35.9 Å². The molecule has 0 aromatic rings. The van der Waals surface area contributed by atoms with Gasteiger partial charge in [-0.3, -0.25) is 4.79 Å². The Balaban J connectivity index is 2.28. The fourth-order valence-electron chi connectivity index (χ4n) is 2.65. The number of aliphatic hydroxyl groups is 1. The van der Waals surface area contributed by atoms with Crippen LogP contribution in [0.25, 0.3) is 0 Å². The molecule has 19 heavy (non-hydrogen) atoms. The van der Waals surface area contributed by atoms with Crippen molar-refractivity contribution in [3.63, 3.8) is 0 Å². The van der Waals surface area contributed by atoms with Crippen LogP contribution in [-0.2, 0) is 9.53 Å². The van der Waals surface area contributed by atoms with Crippen molar-refractivity contribution < 1.29 is 14.6 Å². The summed E-state index contributed by atoms with van der Waals surface area (Å²) in [6, 6.07) is 0. The molecule has 1 aliphatic rings. The van der Waals surface area contributed by atoms with Crippen LogP contribution in [0.2, 0.25) is 0 Å². The summed E-state index contributed by atoms with van der Waals surface area (Å²) >= 11 is 0. The first-order valence-electron chi connectivity index (χ1n) is 7.64. The summed E-state index contributed by atoms with van der Waals surface area (Å²) in [7, 11) is 0. The van der Waals surface area contributed by atoms with Gasteiger partial charge in [0.05, 0.1) is 12.2 Å². The van der Waals surface area contributed by atoms with E-state index in [1.165, 1.54) is 12.8 Å². The van der Waals surface area contributed by atoms with E-state index in [1.54, 1.807) is 6.92 Å². The first-order valence-corrected chi connectivity index (χ1v) is 7.64. The second-order valence-electron chi connectivity index (χ2n) is 5.87. The van der Waals surface area contributed by atoms with Crippen LogP contribution in [0.4, 0.5) is 0 Å². The fourth-order valence-corrected chi connectivity index (χ4v) is 2.65. The van der Waals surface area contributed by atoms with Gasteiger partial charge < -0.3 is 15.2 Å². The molecule has 0 heterocycles. The third-order valence-corrected chi connectivity index (χ3v) is 3.69. The van der Waals surface area contributed by atoms with Crippen molar-refractivity contribution in [2.75, 3.05) is 6.54 Å². The van der Waals surface area contributed by atoms with Gasteiger partial charge >= 0.3 is 0 Å². The van der Waals surface area contributed by atoms with Gasteiger partial charge in [-0.1, -0.05) is 26.7 Å². The van der Waals surface area contributed by atoms with Gasteiger partial charge in [0.25, 0.3) is 0 Å². The van der Waals surface area contributed by atoms with E-state index in [4.69, 9.17) is 4.74 Å². The molecule has 0 spiro atoms. The van der Waals surface area contributed by atoms with Crippen LogP contribution in [0.15, 0.2) is 0 Å². The van der Waals surface area contributed by atoms with Gasteiger partial charge in [-0.2, -0.15) is 0 Å². The molecular weight excluding hydrogens is 242 g/mol. The van der Waals surface area contributed by atoms with Gasteiger partial charge in [-0.25, -0.2) is 0 Å². The second kappa shape index (κ2) is 8.54. The van der Waals surface area contributed by atoms with E-state index in [0.717, 1.165) is 12.8 Å². The average molecular weight is 271 g/mol. The third kappa shape index (κ3) is 6.39. The lowest BCUT2D eigenvalue weighted by molar-refractivity contribution is -0.137. The Morgan fingerprint density at radius 2 is 2.00 bits per heavy atom. The minimum absolute atomic E-state index is 0.00755. The molecule has 3 atom stereocenters. The predicted octanol–water partition coefficient (Wildman–Crippen LogP) is 2.25. The maximum Gasteiger partial charge on any atom is 0.249 e. The highest BCUT2D eigenvalue weighted by Gasteiger charge is 2.24. The van der Waals surface area contributed by atoms with Crippen LogP contribution < -0.4 is 5.32 Å². The molecule has 1 aliphatic carbocycles. The average Bonchev–Trinajstić information content (AvgIpc) is 2.85. The van der Waals surface area contributed by atoms with E-state index in [2.05, 4.69) is 5.32 Å². The van der Waals surface area contributed by atoms with Gasteiger partial charge in [-0.05, 0) is 38.5 Å². The van der Waals surface area contributed by atoms with Crippen LogP contribution in [0.1, 0.15) is 59.3 Å². The van der Waals surface area contributed by atoms with Crippen molar-refractivity contribution in [1.29, 1.82) is 0 Å². The molecule has 0 aromatic carbocycles. The first kappa shape index (κ1) is 16.4. The molecule has 0 bridgehead atoms. The molecule has 4 heteroatoms. The minimum atomic E-state index is -0.318. The molecule has 112 valence electrons. The first-order chi connectivity index (χ1) is 9.02. The number of hydrogen-bond acceptors (Lipinski definition) is 3. The maximum atomic E-state index is 12.1. The van der Waals surface area contributed by atoms with E-state index in [0.29, 0.717) is 19.4 Å². The molecule has 1 amide bonds. The molecule has 0 aliphatic heterocycles. The molecule has 1 saturated carbocycles. The summed E-state index contributed by atoms with van der Waals surface area (Å²) in [4.78, 5) is 12.1. The van der Waals surface area contributed by atoms with Gasteiger partial charge in [0, 0.05) is 6.54 Å². The lowest BCUT2D eigenvalue weighted by Gasteiger charge is -2.21. The van der Waals surface area contributed by atoms with Crippen molar-refractivity contribution in [3.8, 4) is 0 Å². The number of rotatable bonds is 8. The van der Waals surface area contributed by atoms with Gasteiger partial charge in [0.15, 0.2) is 0 Å². The summed E-state index contributed by atoms with van der Waals surface area (Å²) in [5.41, 5.74) is 0.